The summed E-state index contributed by atoms with van der Waals surface area (Å²) >= 11 is 7.47. The fraction of sp³-hybridized carbons (Fsp3) is 0.238. The monoisotopic (exact) mass is 384 g/mol. The Balaban J connectivity index is 1.83. The highest BCUT2D eigenvalue weighted by molar-refractivity contribution is 7.16. The van der Waals surface area contributed by atoms with Gasteiger partial charge in [-0.2, -0.15) is 0 Å². The lowest BCUT2D eigenvalue weighted by Gasteiger charge is -2.20. The van der Waals surface area contributed by atoms with Crippen molar-refractivity contribution in [1.29, 1.82) is 0 Å². The summed E-state index contributed by atoms with van der Waals surface area (Å²) in [7, 11) is 0. The minimum Gasteiger partial charge on any atom is -0.301 e. The van der Waals surface area contributed by atoms with E-state index in [1.807, 2.05) is 75.4 Å². The number of carbonyl (C=O) groups is 1. The predicted octanol–water partition coefficient (Wildman–Crippen LogP) is 6.15. The van der Waals surface area contributed by atoms with E-state index in [1.165, 1.54) is 11.3 Å². The van der Waals surface area contributed by atoms with Crippen molar-refractivity contribution in [2.45, 2.75) is 26.7 Å². The number of halogens is 1. The van der Waals surface area contributed by atoms with Crippen LogP contribution in [-0.2, 0) is 4.79 Å². The molecule has 1 heterocycles. The largest absolute Gasteiger partial charge is 0.301 e. The van der Waals surface area contributed by atoms with Crippen LogP contribution in [0.5, 0.6) is 0 Å². The number of aryl methyl sites for hydroxylation is 1. The van der Waals surface area contributed by atoms with Gasteiger partial charge in [0.15, 0.2) is 5.13 Å². The lowest BCUT2D eigenvalue weighted by Crippen LogP contribution is -2.25. The molecule has 0 aliphatic heterocycles. The maximum absolute atomic E-state index is 12.9. The van der Waals surface area contributed by atoms with Gasteiger partial charge in [0.2, 0.25) is 5.91 Å². The number of nitrogens with one attached hydrogen (secondary N) is 1. The molecular weight excluding hydrogens is 364 g/mol. The van der Waals surface area contributed by atoms with Crippen LogP contribution in [-0.4, -0.2) is 10.9 Å². The van der Waals surface area contributed by atoms with Gasteiger partial charge in [0.1, 0.15) is 0 Å². The van der Waals surface area contributed by atoms with Gasteiger partial charge in [0.25, 0.3) is 0 Å². The number of carbonyl (C=O) groups excluding carboxylic acids is 1. The molecule has 0 saturated heterocycles. The van der Waals surface area contributed by atoms with E-state index in [4.69, 9.17) is 11.6 Å². The Bertz CT molecular complexity index is 888. The van der Waals surface area contributed by atoms with Crippen molar-refractivity contribution in [1.82, 2.24) is 4.98 Å². The van der Waals surface area contributed by atoms with E-state index in [0.717, 1.165) is 21.7 Å². The average Bonchev–Trinajstić information content (AvgIpc) is 2.97. The van der Waals surface area contributed by atoms with Crippen molar-refractivity contribution in [2.24, 2.45) is 5.92 Å². The second-order valence-corrected chi connectivity index (χ2v) is 8.19. The first-order chi connectivity index (χ1) is 12.5. The van der Waals surface area contributed by atoms with Crippen LogP contribution < -0.4 is 5.32 Å². The van der Waals surface area contributed by atoms with Crippen molar-refractivity contribution in [2.75, 3.05) is 5.32 Å². The van der Waals surface area contributed by atoms with Crippen molar-refractivity contribution in [3.8, 4) is 11.3 Å². The van der Waals surface area contributed by atoms with E-state index in [1.54, 1.807) is 0 Å². The summed E-state index contributed by atoms with van der Waals surface area (Å²) in [5.74, 6) is -0.141. The standard InChI is InChI=1S/C21H21ClN2OS/c1-13(2)18(15-9-11-17(22)12-10-15)20(25)24-21-23-19(14(3)26-21)16-7-5-4-6-8-16/h4-13,18H,1-3H3,(H,23,24,25)/t18-/m0/s1. The summed E-state index contributed by atoms with van der Waals surface area (Å²) in [6, 6.07) is 17.5. The first-order valence-electron chi connectivity index (χ1n) is 8.55. The minimum absolute atomic E-state index is 0.0457. The van der Waals surface area contributed by atoms with Crippen LogP contribution in [0.2, 0.25) is 5.02 Å². The number of thiazole rings is 1. The molecule has 2 aromatic carbocycles. The number of rotatable bonds is 5. The maximum Gasteiger partial charge on any atom is 0.233 e. The van der Waals surface area contributed by atoms with Gasteiger partial charge in [-0.15, -0.1) is 11.3 Å². The second kappa shape index (κ2) is 8.02. The molecular formula is C21H21ClN2OS. The minimum atomic E-state index is -0.253. The molecule has 0 bridgehead atoms. The first-order valence-corrected chi connectivity index (χ1v) is 9.74. The van der Waals surface area contributed by atoms with E-state index in [2.05, 4.69) is 10.3 Å². The van der Waals surface area contributed by atoms with Gasteiger partial charge in [-0.3, -0.25) is 4.79 Å². The third-order valence-electron chi connectivity index (χ3n) is 4.25. The zero-order valence-corrected chi connectivity index (χ0v) is 16.6. The van der Waals surface area contributed by atoms with E-state index in [0.29, 0.717) is 10.2 Å². The maximum atomic E-state index is 12.9. The van der Waals surface area contributed by atoms with Gasteiger partial charge in [-0.25, -0.2) is 4.98 Å². The number of hydrogen-bond acceptors (Lipinski definition) is 3. The summed E-state index contributed by atoms with van der Waals surface area (Å²) in [5, 5.41) is 4.30. The van der Waals surface area contributed by atoms with Crippen molar-refractivity contribution in [3.63, 3.8) is 0 Å². The van der Waals surface area contributed by atoms with Gasteiger partial charge >= 0.3 is 0 Å². The number of nitrogens with zero attached hydrogens (tertiary/aromatic N) is 1. The van der Waals surface area contributed by atoms with E-state index in [9.17, 15) is 4.79 Å². The highest BCUT2D eigenvalue weighted by Gasteiger charge is 2.25. The normalized spacial score (nSPS) is 12.2. The molecule has 0 fully saturated rings. The van der Waals surface area contributed by atoms with Gasteiger partial charge in [0, 0.05) is 15.5 Å². The second-order valence-electron chi connectivity index (χ2n) is 6.55. The first kappa shape index (κ1) is 18.6. The highest BCUT2D eigenvalue weighted by atomic mass is 35.5. The van der Waals surface area contributed by atoms with Crippen LogP contribution in [0.3, 0.4) is 0 Å². The molecule has 0 spiro atoms. The van der Waals surface area contributed by atoms with E-state index >= 15 is 0 Å². The number of hydrogen-bond donors (Lipinski definition) is 1. The number of anilines is 1. The van der Waals surface area contributed by atoms with E-state index < -0.39 is 0 Å². The molecule has 1 aromatic heterocycles. The van der Waals surface area contributed by atoms with Crippen LogP contribution in [0.1, 0.15) is 30.2 Å². The fourth-order valence-electron chi connectivity index (χ4n) is 3.01. The van der Waals surface area contributed by atoms with Crippen LogP contribution in [0.4, 0.5) is 5.13 Å². The van der Waals surface area contributed by atoms with Gasteiger partial charge in [-0.05, 0) is 30.5 Å². The van der Waals surface area contributed by atoms with Gasteiger partial charge in [0.05, 0.1) is 11.6 Å². The summed E-state index contributed by atoms with van der Waals surface area (Å²) < 4.78 is 0. The Hall–Kier alpha value is -2.17. The molecule has 3 nitrogen and oxygen atoms in total. The van der Waals surface area contributed by atoms with Gasteiger partial charge < -0.3 is 5.32 Å². The average molecular weight is 385 g/mol. The molecule has 3 rings (SSSR count). The van der Waals surface area contributed by atoms with Crippen LogP contribution >= 0.6 is 22.9 Å². The Morgan fingerprint density at radius 3 is 2.35 bits per heavy atom. The smallest absolute Gasteiger partial charge is 0.233 e. The summed E-state index contributed by atoms with van der Waals surface area (Å²) in [6.45, 7) is 6.11. The fourth-order valence-corrected chi connectivity index (χ4v) is 3.97. The zero-order valence-electron chi connectivity index (χ0n) is 15.0. The van der Waals surface area contributed by atoms with Gasteiger partial charge in [-0.1, -0.05) is 67.9 Å². The number of aromatic nitrogens is 1. The third kappa shape index (κ3) is 4.14. The molecule has 1 amide bonds. The van der Waals surface area contributed by atoms with E-state index in [-0.39, 0.29) is 17.7 Å². The summed E-state index contributed by atoms with van der Waals surface area (Å²) in [4.78, 5) is 18.6. The predicted molar refractivity (Wildman–Crippen MR) is 110 cm³/mol. The van der Waals surface area contributed by atoms with Crippen molar-refractivity contribution < 1.29 is 4.79 Å². The number of benzene rings is 2. The lowest BCUT2D eigenvalue weighted by atomic mass is 9.88. The molecule has 134 valence electrons. The molecule has 1 N–H and O–H groups in total. The van der Waals surface area contributed by atoms with Crippen LogP contribution in [0, 0.1) is 12.8 Å². The van der Waals surface area contributed by atoms with Crippen LogP contribution in [0.25, 0.3) is 11.3 Å². The van der Waals surface area contributed by atoms with Crippen LogP contribution in [0.15, 0.2) is 54.6 Å². The Labute approximate surface area is 163 Å². The molecule has 0 radical (unpaired) electrons. The van der Waals surface area contributed by atoms with Crippen molar-refractivity contribution >= 4 is 34.0 Å². The molecule has 26 heavy (non-hydrogen) atoms. The Morgan fingerprint density at radius 1 is 1.08 bits per heavy atom. The molecule has 0 aliphatic carbocycles. The van der Waals surface area contributed by atoms with Crippen molar-refractivity contribution in [3.05, 3.63) is 70.1 Å². The SMILES string of the molecule is Cc1sc(NC(=O)[C@H](c2ccc(Cl)cc2)C(C)C)nc1-c1ccccc1. The topological polar surface area (TPSA) is 42.0 Å². The molecule has 0 unspecified atom stereocenters. The molecule has 0 saturated carbocycles. The zero-order chi connectivity index (χ0) is 18.7. The number of amides is 1. The molecule has 5 heteroatoms. The molecule has 1 atom stereocenters. The quantitative estimate of drug-likeness (QED) is 0.573. The summed E-state index contributed by atoms with van der Waals surface area (Å²) in [6.07, 6.45) is 0. The molecule has 0 aliphatic rings. The third-order valence-corrected chi connectivity index (χ3v) is 5.39. The Morgan fingerprint density at radius 2 is 1.73 bits per heavy atom. The molecule has 3 aromatic rings. The Kier molecular flexibility index (Phi) is 5.74. The lowest BCUT2D eigenvalue weighted by molar-refractivity contribution is -0.118. The summed E-state index contributed by atoms with van der Waals surface area (Å²) in [5.41, 5.74) is 2.93. The highest BCUT2D eigenvalue weighted by Crippen LogP contribution is 2.32.